The number of amidine groups is 3. The highest BCUT2D eigenvalue weighted by atomic mass is 32.2. The van der Waals surface area contributed by atoms with Crippen LogP contribution in [0.3, 0.4) is 0 Å². The van der Waals surface area contributed by atoms with Crippen LogP contribution in [0.2, 0.25) is 0 Å². The molecule has 4 rings (SSSR count). The number of nitrogens with one attached hydrogen (secondary N) is 1. The monoisotopic (exact) mass is 468 g/mol. The lowest BCUT2D eigenvalue weighted by molar-refractivity contribution is -0.114. The van der Waals surface area contributed by atoms with Gasteiger partial charge in [-0.25, -0.2) is 13.3 Å². The number of hydrogen-bond donors (Lipinski definition) is 1. The summed E-state index contributed by atoms with van der Waals surface area (Å²) in [6.07, 6.45) is 1.51. The fourth-order valence-corrected chi connectivity index (χ4v) is 4.97. The van der Waals surface area contributed by atoms with E-state index < -0.39 is 15.7 Å². The van der Waals surface area contributed by atoms with Gasteiger partial charge in [0.1, 0.15) is 18.2 Å². The topological polar surface area (TPSA) is 112 Å². The summed E-state index contributed by atoms with van der Waals surface area (Å²) < 4.78 is 34.3. The minimum atomic E-state index is -3.67. The molecule has 2 aromatic carbocycles. The zero-order valence-corrected chi connectivity index (χ0v) is 19.0. The third kappa shape index (κ3) is 4.37. The first-order valence-electron chi connectivity index (χ1n) is 9.78. The maximum atomic E-state index is 12.5. The third-order valence-electron chi connectivity index (χ3n) is 4.87. The molecule has 2 aliphatic rings. The van der Waals surface area contributed by atoms with Crippen LogP contribution in [0.1, 0.15) is 23.6 Å². The lowest BCUT2D eigenvalue weighted by Gasteiger charge is -2.24. The Bertz CT molecular complexity index is 1280. The van der Waals surface area contributed by atoms with Crippen molar-refractivity contribution in [1.29, 1.82) is 5.41 Å². The highest BCUT2D eigenvalue weighted by Gasteiger charge is 2.42. The first kappa shape index (κ1) is 22.0. The Morgan fingerprint density at radius 1 is 1.12 bits per heavy atom. The molecule has 0 bridgehead atoms. The fourth-order valence-electron chi connectivity index (χ4n) is 3.01. The lowest BCUT2D eigenvalue weighted by atomic mass is 10.1. The van der Waals surface area contributed by atoms with Gasteiger partial charge in [0.25, 0.3) is 5.91 Å². The Morgan fingerprint density at radius 3 is 2.47 bits per heavy atom. The molecule has 0 aromatic heterocycles. The van der Waals surface area contributed by atoms with E-state index in [1.54, 1.807) is 24.3 Å². The Balaban J connectivity index is 1.52. The Hall–Kier alpha value is -3.24. The van der Waals surface area contributed by atoms with Crippen LogP contribution in [-0.4, -0.2) is 41.1 Å². The number of benzene rings is 2. The fraction of sp³-hybridized carbons (Fsp3) is 0.182. The van der Waals surface area contributed by atoms with E-state index in [0.717, 1.165) is 22.4 Å². The van der Waals surface area contributed by atoms with Gasteiger partial charge in [0.05, 0.1) is 23.3 Å². The molecule has 2 heterocycles. The number of sulfone groups is 1. The Morgan fingerprint density at radius 2 is 1.81 bits per heavy atom. The smallest absolute Gasteiger partial charge is 0.283 e. The van der Waals surface area contributed by atoms with Crippen molar-refractivity contribution in [2.24, 2.45) is 9.39 Å². The molecule has 0 atom stereocenters. The molecule has 0 saturated carbocycles. The second kappa shape index (κ2) is 8.71. The van der Waals surface area contributed by atoms with Gasteiger partial charge in [-0.05, 0) is 36.3 Å². The van der Waals surface area contributed by atoms with Crippen LogP contribution in [0.25, 0.3) is 6.08 Å². The quantitative estimate of drug-likeness (QED) is 0.530. The summed E-state index contributed by atoms with van der Waals surface area (Å²) in [4.78, 5) is 17.5. The summed E-state index contributed by atoms with van der Waals surface area (Å²) in [5.74, 6) is -0.378. The second-order valence-electron chi connectivity index (χ2n) is 7.15. The molecule has 2 aliphatic heterocycles. The minimum absolute atomic E-state index is 0.0106. The zero-order chi connectivity index (χ0) is 22.9. The Labute approximate surface area is 190 Å². The number of carbonyl (C=O) groups is 1. The van der Waals surface area contributed by atoms with E-state index in [1.807, 2.05) is 31.2 Å². The van der Waals surface area contributed by atoms with Gasteiger partial charge in [0.15, 0.2) is 0 Å². The first-order valence-corrected chi connectivity index (χ1v) is 12.2. The maximum Gasteiger partial charge on any atom is 0.283 e. The molecular weight excluding hydrogens is 448 g/mol. The van der Waals surface area contributed by atoms with Crippen LogP contribution in [0.5, 0.6) is 5.75 Å². The highest BCUT2D eigenvalue weighted by molar-refractivity contribution is 8.16. The van der Waals surface area contributed by atoms with Crippen molar-refractivity contribution in [2.45, 2.75) is 20.5 Å². The van der Waals surface area contributed by atoms with Crippen molar-refractivity contribution < 1.29 is 17.9 Å². The summed E-state index contributed by atoms with van der Waals surface area (Å²) in [7, 11) is -3.67. The maximum absolute atomic E-state index is 12.5. The molecule has 0 fully saturated rings. The van der Waals surface area contributed by atoms with Crippen molar-refractivity contribution >= 4 is 49.9 Å². The SMILES string of the molecule is CCS(=O)(=O)C1=NSC2=NC(=O)/C(=C\c3ccc(OCc4ccc(C)cc4)cc3)C(=N)N21. The van der Waals surface area contributed by atoms with Crippen LogP contribution in [0.4, 0.5) is 0 Å². The number of amides is 1. The molecule has 8 nitrogen and oxygen atoms in total. The van der Waals surface area contributed by atoms with E-state index in [4.69, 9.17) is 10.1 Å². The van der Waals surface area contributed by atoms with Gasteiger partial charge in [-0.15, -0.1) is 0 Å². The van der Waals surface area contributed by atoms with Crippen molar-refractivity contribution in [3.63, 3.8) is 0 Å². The van der Waals surface area contributed by atoms with Crippen LogP contribution in [0.15, 0.2) is 63.5 Å². The van der Waals surface area contributed by atoms with Gasteiger partial charge in [-0.1, -0.05) is 48.9 Å². The number of aryl methyl sites for hydroxylation is 1. The average Bonchev–Trinajstić information content (AvgIpc) is 3.22. The van der Waals surface area contributed by atoms with Gasteiger partial charge in [0.2, 0.25) is 20.2 Å². The molecule has 0 spiro atoms. The van der Waals surface area contributed by atoms with E-state index in [2.05, 4.69) is 9.39 Å². The second-order valence-corrected chi connectivity index (χ2v) is 10.1. The van der Waals surface area contributed by atoms with Crippen molar-refractivity contribution in [2.75, 3.05) is 5.75 Å². The molecule has 1 N–H and O–H groups in total. The number of aliphatic imine (C=N–C) groups is 1. The number of hydrogen-bond acceptors (Lipinski definition) is 7. The predicted molar refractivity (Wildman–Crippen MR) is 126 cm³/mol. The van der Waals surface area contributed by atoms with Crippen LogP contribution >= 0.6 is 11.9 Å². The van der Waals surface area contributed by atoms with Gasteiger partial charge in [-0.3, -0.25) is 10.2 Å². The van der Waals surface area contributed by atoms with Crippen LogP contribution in [-0.2, 0) is 21.2 Å². The predicted octanol–water partition coefficient (Wildman–Crippen LogP) is 3.59. The number of rotatable bonds is 5. The summed E-state index contributed by atoms with van der Waals surface area (Å²) in [5, 5.41) is 8.23. The van der Waals surface area contributed by atoms with Crippen molar-refractivity contribution in [1.82, 2.24) is 4.90 Å². The molecule has 164 valence electrons. The first-order chi connectivity index (χ1) is 15.3. The standard InChI is InChI=1S/C22H20N4O4S2/c1-3-32(28,29)22-25-31-21-24-20(27)18(19(23)26(21)22)12-15-8-10-17(11-9-15)30-13-16-6-4-14(2)5-7-16/h4-12,23H,3,13H2,1-2H3/b18-12-,23-19?. The molecule has 0 radical (unpaired) electrons. The molecule has 32 heavy (non-hydrogen) atoms. The summed E-state index contributed by atoms with van der Waals surface area (Å²) in [6, 6.07) is 15.1. The molecule has 0 aliphatic carbocycles. The molecule has 1 amide bonds. The molecule has 0 saturated heterocycles. The van der Waals surface area contributed by atoms with Gasteiger partial charge in [0, 0.05) is 0 Å². The molecule has 10 heteroatoms. The zero-order valence-electron chi connectivity index (χ0n) is 17.4. The Kier molecular flexibility index (Phi) is 5.98. The van der Waals surface area contributed by atoms with E-state index in [0.29, 0.717) is 17.9 Å². The van der Waals surface area contributed by atoms with E-state index >= 15 is 0 Å². The van der Waals surface area contributed by atoms with E-state index in [-0.39, 0.29) is 27.5 Å². The van der Waals surface area contributed by atoms with Gasteiger partial charge >= 0.3 is 0 Å². The number of carbonyl (C=O) groups excluding carboxylic acids is 1. The summed E-state index contributed by atoms with van der Waals surface area (Å²) in [5.41, 5.74) is 2.88. The lowest BCUT2D eigenvalue weighted by Crippen LogP contribution is -2.45. The van der Waals surface area contributed by atoms with E-state index in [9.17, 15) is 13.2 Å². The van der Waals surface area contributed by atoms with Crippen molar-refractivity contribution in [3.05, 3.63) is 70.8 Å². The normalized spacial score (nSPS) is 17.3. The molecule has 0 unspecified atom stereocenters. The number of ether oxygens (including phenoxy) is 1. The largest absolute Gasteiger partial charge is 0.489 e. The third-order valence-corrected chi connectivity index (χ3v) is 7.28. The molecular formula is C22H20N4O4S2. The van der Waals surface area contributed by atoms with E-state index in [1.165, 1.54) is 18.6 Å². The van der Waals surface area contributed by atoms with Gasteiger partial charge < -0.3 is 4.74 Å². The summed E-state index contributed by atoms with van der Waals surface area (Å²) in [6.45, 7) is 3.96. The van der Waals surface area contributed by atoms with Crippen LogP contribution < -0.4 is 4.74 Å². The number of fused-ring (bicyclic) bond motifs is 1. The number of nitrogens with zero attached hydrogens (tertiary/aromatic N) is 3. The highest BCUT2D eigenvalue weighted by Crippen LogP contribution is 2.30. The van der Waals surface area contributed by atoms with Crippen molar-refractivity contribution in [3.8, 4) is 5.75 Å². The van der Waals surface area contributed by atoms with Gasteiger partial charge in [-0.2, -0.15) is 9.39 Å². The minimum Gasteiger partial charge on any atom is -0.489 e. The van der Waals surface area contributed by atoms with Crippen LogP contribution in [0, 0.1) is 12.3 Å². The summed E-state index contributed by atoms with van der Waals surface area (Å²) >= 11 is 0.778. The molecule has 2 aromatic rings. The average molecular weight is 469 g/mol.